The Kier molecular flexibility index (Phi) is 2.95. The first-order chi connectivity index (χ1) is 9.65. The molecule has 0 aliphatic carbocycles. The fourth-order valence-electron chi connectivity index (χ4n) is 2.06. The molecule has 0 aliphatic rings. The van der Waals surface area contributed by atoms with E-state index in [0.29, 0.717) is 22.6 Å². The third-order valence-corrected chi connectivity index (χ3v) is 3.02. The normalized spacial score (nSPS) is 10.7. The van der Waals surface area contributed by atoms with Gasteiger partial charge in [-0.15, -0.1) is 0 Å². The molecule has 0 aliphatic heterocycles. The van der Waals surface area contributed by atoms with Crippen LogP contribution in [0.1, 0.15) is 0 Å². The number of nitrogens with zero attached hydrogens (tertiary/aromatic N) is 1. The Balaban J connectivity index is 2.18. The van der Waals surface area contributed by atoms with Gasteiger partial charge in [-0.05, 0) is 17.7 Å². The van der Waals surface area contributed by atoms with Crippen molar-refractivity contribution in [2.45, 2.75) is 0 Å². The Morgan fingerprint density at radius 3 is 2.35 bits per heavy atom. The SMILES string of the molecule is Nc1cc(-c2cc(F)c(F)c(-c3ccccc3)c2)[nH]n1. The molecule has 0 fully saturated rings. The molecular weight excluding hydrogens is 260 g/mol. The number of hydrogen-bond acceptors (Lipinski definition) is 2. The van der Waals surface area contributed by atoms with Crippen molar-refractivity contribution in [2.75, 3.05) is 5.73 Å². The number of H-pyrrole nitrogens is 1. The van der Waals surface area contributed by atoms with Crippen LogP contribution in [0.4, 0.5) is 14.6 Å². The zero-order valence-corrected chi connectivity index (χ0v) is 10.4. The summed E-state index contributed by atoms with van der Waals surface area (Å²) in [5, 5.41) is 6.47. The van der Waals surface area contributed by atoms with E-state index >= 15 is 0 Å². The van der Waals surface area contributed by atoms with Crippen molar-refractivity contribution in [1.82, 2.24) is 10.2 Å². The van der Waals surface area contributed by atoms with E-state index in [9.17, 15) is 8.78 Å². The van der Waals surface area contributed by atoms with Gasteiger partial charge in [-0.3, -0.25) is 5.10 Å². The summed E-state index contributed by atoms with van der Waals surface area (Å²) in [6.45, 7) is 0. The zero-order valence-electron chi connectivity index (χ0n) is 10.4. The number of nitrogen functional groups attached to an aromatic ring is 1. The number of nitrogens with one attached hydrogen (secondary N) is 1. The lowest BCUT2D eigenvalue weighted by atomic mass is 10.0. The summed E-state index contributed by atoms with van der Waals surface area (Å²) in [6.07, 6.45) is 0. The molecule has 0 radical (unpaired) electrons. The molecule has 2 aromatic carbocycles. The number of nitrogens with two attached hydrogens (primary N) is 1. The lowest BCUT2D eigenvalue weighted by Gasteiger charge is -2.07. The quantitative estimate of drug-likeness (QED) is 0.748. The number of aromatic nitrogens is 2. The van der Waals surface area contributed by atoms with Gasteiger partial charge in [0.15, 0.2) is 11.6 Å². The maximum atomic E-state index is 14.0. The first kappa shape index (κ1) is 12.3. The van der Waals surface area contributed by atoms with Crippen LogP contribution in [0.15, 0.2) is 48.5 Å². The molecule has 3 N–H and O–H groups in total. The molecule has 20 heavy (non-hydrogen) atoms. The Morgan fingerprint density at radius 1 is 0.950 bits per heavy atom. The van der Waals surface area contributed by atoms with Crippen LogP contribution in [0.5, 0.6) is 0 Å². The molecule has 0 saturated heterocycles. The average molecular weight is 271 g/mol. The van der Waals surface area contributed by atoms with Gasteiger partial charge in [0, 0.05) is 17.2 Å². The average Bonchev–Trinajstić information content (AvgIpc) is 2.89. The van der Waals surface area contributed by atoms with Crippen molar-refractivity contribution < 1.29 is 8.78 Å². The summed E-state index contributed by atoms with van der Waals surface area (Å²) in [4.78, 5) is 0. The fourth-order valence-corrected chi connectivity index (χ4v) is 2.06. The largest absolute Gasteiger partial charge is 0.382 e. The second-order valence-electron chi connectivity index (χ2n) is 4.39. The highest BCUT2D eigenvalue weighted by molar-refractivity contribution is 5.72. The molecule has 3 aromatic rings. The molecule has 0 bridgehead atoms. The van der Waals surface area contributed by atoms with Crippen LogP contribution >= 0.6 is 0 Å². The molecule has 0 spiro atoms. The highest BCUT2D eigenvalue weighted by atomic mass is 19.2. The van der Waals surface area contributed by atoms with Crippen molar-refractivity contribution >= 4 is 5.82 Å². The summed E-state index contributed by atoms with van der Waals surface area (Å²) in [6, 6.07) is 13.1. The highest BCUT2D eigenvalue weighted by Crippen LogP contribution is 2.30. The van der Waals surface area contributed by atoms with E-state index < -0.39 is 11.6 Å². The predicted octanol–water partition coefficient (Wildman–Crippen LogP) is 3.60. The summed E-state index contributed by atoms with van der Waals surface area (Å²) in [7, 11) is 0. The monoisotopic (exact) mass is 271 g/mol. The molecule has 3 rings (SSSR count). The van der Waals surface area contributed by atoms with Crippen LogP contribution in [0.25, 0.3) is 22.4 Å². The topological polar surface area (TPSA) is 54.7 Å². The van der Waals surface area contributed by atoms with Crippen LogP contribution in [0, 0.1) is 11.6 Å². The van der Waals surface area contributed by atoms with Gasteiger partial charge in [0.2, 0.25) is 0 Å². The Hall–Kier alpha value is -2.69. The molecule has 5 heteroatoms. The van der Waals surface area contributed by atoms with E-state index in [1.807, 2.05) is 6.07 Å². The number of aromatic amines is 1. The van der Waals surface area contributed by atoms with Gasteiger partial charge in [-0.1, -0.05) is 30.3 Å². The standard InChI is InChI=1S/C15H11F2N3/c16-12-7-10(13-8-14(18)20-19-13)6-11(15(12)17)9-4-2-1-3-5-9/h1-8H,(H3,18,19,20). The second-order valence-corrected chi connectivity index (χ2v) is 4.39. The molecule has 1 aromatic heterocycles. The minimum absolute atomic E-state index is 0.203. The van der Waals surface area contributed by atoms with Crippen molar-refractivity contribution in [3.8, 4) is 22.4 Å². The second kappa shape index (κ2) is 4.77. The lowest BCUT2D eigenvalue weighted by Crippen LogP contribution is -1.92. The van der Waals surface area contributed by atoms with E-state index in [1.54, 1.807) is 36.4 Å². The first-order valence-electron chi connectivity index (χ1n) is 6.01. The highest BCUT2D eigenvalue weighted by Gasteiger charge is 2.14. The van der Waals surface area contributed by atoms with Crippen molar-refractivity contribution in [3.63, 3.8) is 0 Å². The van der Waals surface area contributed by atoms with E-state index in [1.165, 1.54) is 0 Å². The van der Waals surface area contributed by atoms with Gasteiger partial charge < -0.3 is 5.73 Å². The summed E-state index contributed by atoms with van der Waals surface area (Å²) >= 11 is 0. The lowest BCUT2D eigenvalue weighted by molar-refractivity contribution is 0.511. The number of hydrogen-bond donors (Lipinski definition) is 2. The Labute approximate surface area is 114 Å². The van der Waals surface area contributed by atoms with Crippen LogP contribution < -0.4 is 5.73 Å². The fraction of sp³-hybridized carbons (Fsp3) is 0. The third kappa shape index (κ3) is 2.14. The van der Waals surface area contributed by atoms with Gasteiger partial charge in [-0.2, -0.15) is 5.10 Å². The van der Waals surface area contributed by atoms with Crippen molar-refractivity contribution in [2.24, 2.45) is 0 Å². The van der Waals surface area contributed by atoms with Gasteiger partial charge >= 0.3 is 0 Å². The van der Waals surface area contributed by atoms with E-state index in [0.717, 1.165) is 6.07 Å². The zero-order chi connectivity index (χ0) is 14.1. The Bertz CT molecular complexity index is 751. The number of benzene rings is 2. The number of halogens is 2. The van der Waals surface area contributed by atoms with E-state index in [4.69, 9.17) is 5.73 Å². The molecular formula is C15H11F2N3. The third-order valence-electron chi connectivity index (χ3n) is 3.02. The molecule has 0 unspecified atom stereocenters. The van der Waals surface area contributed by atoms with Crippen molar-refractivity contribution in [1.29, 1.82) is 0 Å². The smallest absolute Gasteiger partial charge is 0.166 e. The Morgan fingerprint density at radius 2 is 1.70 bits per heavy atom. The van der Waals surface area contributed by atoms with Gasteiger partial charge in [0.1, 0.15) is 5.82 Å². The maximum Gasteiger partial charge on any atom is 0.166 e. The molecule has 0 saturated carbocycles. The van der Waals surface area contributed by atoms with E-state index in [2.05, 4.69) is 10.2 Å². The van der Waals surface area contributed by atoms with E-state index in [-0.39, 0.29) is 5.56 Å². The maximum absolute atomic E-state index is 14.0. The minimum Gasteiger partial charge on any atom is -0.382 e. The molecule has 0 atom stereocenters. The van der Waals surface area contributed by atoms with Crippen LogP contribution in [0.3, 0.4) is 0 Å². The van der Waals surface area contributed by atoms with Crippen LogP contribution in [0.2, 0.25) is 0 Å². The van der Waals surface area contributed by atoms with Gasteiger partial charge in [-0.25, -0.2) is 8.78 Å². The van der Waals surface area contributed by atoms with Crippen LogP contribution in [-0.4, -0.2) is 10.2 Å². The molecule has 3 nitrogen and oxygen atoms in total. The van der Waals surface area contributed by atoms with Crippen LogP contribution in [-0.2, 0) is 0 Å². The first-order valence-corrected chi connectivity index (χ1v) is 6.01. The molecule has 1 heterocycles. The number of rotatable bonds is 2. The molecule has 100 valence electrons. The minimum atomic E-state index is -0.908. The predicted molar refractivity (Wildman–Crippen MR) is 73.8 cm³/mol. The van der Waals surface area contributed by atoms with Gasteiger partial charge in [0.25, 0.3) is 0 Å². The van der Waals surface area contributed by atoms with Crippen molar-refractivity contribution in [3.05, 3.63) is 60.2 Å². The summed E-state index contributed by atoms with van der Waals surface area (Å²) < 4.78 is 27.7. The summed E-state index contributed by atoms with van der Waals surface area (Å²) in [5.74, 6) is -1.48. The molecule has 0 amide bonds. The van der Waals surface area contributed by atoms with Gasteiger partial charge in [0.05, 0.1) is 5.69 Å². The summed E-state index contributed by atoms with van der Waals surface area (Å²) in [5.41, 5.74) is 7.37. The number of anilines is 1.